The molecule has 1 fully saturated rings. The molecule has 2 heterocycles. The molecule has 2 aliphatic heterocycles. The van der Waals surface area contributed by atoms with Crippen LogP contribution in [0.2, 0.25) is 0 Å². The molecule has 2 aromatic rings. The van der Waals surface area contributed by atoms with Crippen LogP contribution in [0.4, 0.5) is 10.5 Å². The van der Waals surface area contributed by atoms with E-state index in [0.717, 1.165) is 54.2 Å². The van der Waals surface area contributed by atoms with Gasteiger partial charge in [0.25, 0.3) is 0 Å². The summed E-state index contributed by atoms with van der Waals surface area (Å²) in [6.45, 7) is 5.25. The zero-order valence-electron chi connectivity index (χ0n) is 25.3. The van der Waals surface area contributed by atoms with Gasteiger partial charge in [0.2, 0.25) is 0 Å². The number of rotatable bonds is 17. The van der Waals surface area contributed by atoms with Gasteiger partial charge in [-0.1, -0.05) is 18.2 Å². The molecule has 11 heteroatoms. The van der Waals surface area contributed by atoms with Gasteiger partial charge in [0.1, 0.15) is 18.1 Å². The number of methoxy groups -OCH3 is 2. The van der Waals surface area contributed by atoms with Crippen molar-refractivity contribution in [3.05, 3.63) is 53.6 Å². The molecule has 1 amide bonds. The second-order valence-corrected chi connectivity index (χ2v) is 10.8. The fraction of sp³-hybridized carbons (Fsp3) is 0.594. The van der Waals surface area contributed by atoms with Gasteiger partial charge in [-0.15, -0.1) is 0 Å². The van der Waals surface area contributed by atoms with Gasteiger partial charge in [-0.05, 0) is 48.2 Å². The molecule has 0 bridgehead atoms. The monoisotopic (exact) mass is 602 g/mol. The summed E-state index contributed by atoms with van der Waals surface area (Å²) in [5.41, 5.74) is 2.99. The largest absolute Gasteiger partial charge is 0.494 e. The minimum absolute atomic E-state index is 0.000400. The maximum Gasteiger partial charge on any atom is 0.407 e. The number of likely N-dealkylation sites (tertiary alicyclic amines) is 1. The first-order chi connectivity index (χ1) is 21.0. The van der Waals surface area contributed by atoms with E-state index >= 15 is 0 Å². The molecule has 0 spiro atoms. The van der Waals surface area contributed by atoms with Gasteiger partial charge >= 0.3 is 6.09 Å². The molecule has 2 N–H and O–H groups in total. The molecule has 4 rings (SSSR count). The molecule has 0 aromatic heterocycles. The Balaban J connectivity index is 1.53. The van der Waals surface area contributed by atoms with E-state index in [2.05, 4.69) is 11.0 Å². The fourth-order valence-corrected chi connectivity index (χ4v) is 5.60. The molecule has 1 saturated heterocycles. The van der Waals surface area contributed by atoms with Crippen LogP contribution in [0.15, 0.2) is 42.5 Å². The van der Waals surface area contributed by atoms with Crippen molar-refractivity contribution < 1.29 is 43.4 Å². The Morgan fingerprint density at radius 3 is 2.40 bits per heavy atom. The maximum absolute atomic E-state index is 12.1. The van der Waals surface area contributed by atoms with Crippen molar-refractivity contribution in [3.8, 4) is 11.5 Å². The Bertz CT molecular complexity index is 1120. The molecule has 2 aromatic carbocycles. The summed E-state index contributed by atoms with van der Waals surface area (Å²) in [5, 5.41) is 19.2. The van der Waals surface area contributed by atoms with Gasteiger partial charge in [0.05, 0.1) is 50.7 Å². The fourth-order valence-electron chi connectivity index (χ4n) is 5.60. The number of fused-ring (bicyclic) bond motifs is 1. The smallest absolute Gasteiger partial charge is 0.407 e. The highest BCUT2D eigenvalue weighted by molar-refractivity contribution is 5.65. The molecule has 3 atom stereocenters. The zero-order chi connectivity index (χ0) is 30.4. The molecule has 238 valence electrons. The SMILES string of the molecule is COCCCOc1ccc([C@@H]2[C@@H](OCc3ccc4c(c3)N(CCCOC)CCO4)CN(C(=O)O)C[C@H]2OCCCO)cc1. The Morgan fingerprint density at radius 1 is 0.930 bits per heavy atom. The lowest BCUT2D eigenvalue weighted by molar-refractivity contribution is -0.0905. The number of aliphatic hydroxyl groups is 1. The second-order valence-electron chi connectivity index (χ2n) is 10.8. The molecular weight excluding hydrogens is 556 g/mol. The van der Waals surface area contributed by atoms with Gasteiger partial charge in [-0.3, -0.25) is 0 Å². The molecule has 0 aliphatic carbocycles. The number of carbonyl (C=O) groups is 1. The predicted octanol–water partition coefficient (Wildman–Crippen LogP) is 3.77. The minimum atomic E-state index is -1.01. The van der Waals surface area contributed by atoms with Crippen LogP contribution in [0.5, 0.6) is 11.5 Å². The van der Waals surface area contributed by atoms with Crippen molar-refractivity contribution in [1.29, 1.82) is 0 Å². The Labute approximate surface area is 254 Å². The van der Waals surface area contributed by atoms with Crippen LogP contribution in [-0.4, -0.2) is 113 Å². The number of amides is 1. The lowest BCUT2D eigenvalue weighted by Crippen LogP contribution is -2.54. The zero-order valence-corrected chi connectivity index (χ0v) is 25.3. The molecule has 0 radical (unpaired) electrons. The number of hydrogen-bond donors (Lipinski definition) is 2. The molecule has 43 heavy (non-hydrogen) atoms. The van der Waals surface area contributed by atoms with Crippen LogP contribution >= 0.6 is 0 Å². The first-order valence-corrected chi connectivity index (χ1v) is 15.1. The Kier molecular flexibility index (Phi) is 13.2. The van der Waals surface area contributed by atoms with Crippen LogP contribution in [-0.2, 0) is 25.6 Å². The molecule has 0 unspecified atom stereocenters. The van der Waals surface area contributed by atoms with E-state index in [1.165, 1.54) is 4.90 Å². The second kappa shape index (κ2) is 17.3. The number of nitrogens with zero attached hydrogens (tertiary/aromatic N) is 2. The summed E-state index contributed by atoms with van der Waals surface area (Å²) in [4.78, 5) is 15.8. The standard InChI is InChI=1S/C32H46N2O9/c1-38-15-3-12-33-13-19-42-28-11-6-24(20-27(28)33)23-43-30-22-34(32(36)37)21-29(41-17-4-14-35)31(30)25-7-9-26(10-8-25)40-18-5-16-39-2/h6-11,20,29-31,35H,3-5,12-19,21-23H2,1-2H3,(H,36,37)/t29-,30+,31+/m1/s1. The molecular formula is C32H46N2O9. The molecule has 11 nitrogen and oxygen atoms in total. The van der Waals surface area contributed by atoms with Gasteiger partial charge < -0.3 is 48.4 Å². The minimum Gasteiger partial charge on any atom is -0.494 e. The predicted molar refractivity (Wildman–Crippen MR) is 161 cm³/mol. The van der Waals surface area contributed by atoms with Gasteiger partial charge in [-0.2, -0.15) is 0 Å². The van der Waals surface area contributed by atoms with Crippen molar-refractivity contribution in [1.82, 2.24) is 4.90 Å². The number of benzene rings is 2. The van der Waals surface area contributed by atoms with Crippen LogP contribution in [0.25, 0.3) is 0 Å². The van der Waals surface area contributed by atoms with Crippen molar-refractivity contribution in [2.24, 2.45) is 0 Å². The maximum atomic E-state index is 12.1. The van der Waals surface area contributed by atoms with Crippen LogP contribution in [0, 0.1) is 0 Å². The third-order valence-electron chi connectivity index (χ3n) is 7.76. The third-order valence-corrected chi connectivity index (χ3v) is 7.76. The van der Waals surface area contributed by atoms with Crippen molar-refractivity contribution in [3.63, 3.8) is 0 Å². The van der Waals surface area contributed by atoms with Crippen molar-refractivity contribution >= 4 is 11.8 Å². The normalized spacial score (nSPS) is 20.0. The summed E-state index contributed by atoms with van der Waals surface area (Å²) in [6.07, 6.45) is 0.266. The summed E-state index contributed by atoms with van der Waals surface area (Å²) in [6, 6.07) is 13.9. The third kappa shape index (κ3) is 9.45. The van der Waals surface area contributed by atoms with Gasteiger partial charge in [-0.25, -0.2) is 4.79 Å². The average molecular weight is 603 g/mol. The van der Waals surface area contributed by atoms with Crippen LogP contribution in [0.1, 0.15) is 36.3 Å². The number of piperidine rings is 1. The lowest BCUT2D eigenvalue weighted by Gasteiger charge is -2.42. The van der Waals surface area contributed by atoms with E-state index in [9.17, 15) is 15.0 Å². The number of ether oxygens (including phenoxy) is 6. The summed E-state index contributed by atoms with van der Waals surface area (Å²) >= 11 is 0. The lowest BCUT2D eigenvalue weighted by atomic mass is 9.84. The van der Waals surface area contributed by atoms with E-state index in [0.29, 0.717) is 46.1 Å². The summed E-state index contributed by atoms with van der Waals surface area (Å²) in [5.74, 6) is 1.38. The Hall–Kier alpha value is -3.09. The molecule has 2 aliphatic rings. The summed E-state index contributed by atoms with van der Waals surface area (Å²) < 4.78 is 34.8. The van der Waals surface area contributed by atoms with E-state index in [4.69, 9.17) is 28.4 Å². The first-order valence-electron chi connectivity index (χ1n) is 15.1. The van der Waals surface area contributed by atoms with E-state index in [1.54, 1.807) is 14.2 Å². The quantitative estimate of drug-likeness (QED) is 0.259. The first kappa shape index (κ1) is 32.8. The number of hydrogen-bond acceptors (Lipinski definition) is 9. The van der Waals surface area contributed by atoms with E-state index in [-0.39, 0.29) is 25.6 Å². The highest BCUT2D eigenvalue weighted by Gasteiger charge is 2.41. The topological polar surface area (TPSA) is 119 Å². The number of carboxylic acid groups (broad SMARTS) is 1. The van der Waals surface area contributed by atoms with Crippen LogP contribution < -0.4 is 14.4 Å². The van der Waals surface area contributed by atoms with E-state index in [1.807, 2.05) is 36.4 Å². The van der Waals surface area contributed by atoms with E-state index < -0.39 is 18.3 Å². The Morgan fingerprint density at radius 2 is 1.67 bits per heavy atom. The number of anilines is 1. The summed E-state index contributed by atoms with van der Waals surface area (Å²) in [7, 11) is 3.38. The van der Waals surface area contributed by atoms with Gasteiger partial charge in [0.15, 0.2) is 0 Å². The van der Waals surface area contributed by atoms with Gasteiger partial charge in [0, 0.05) is 59.5 Å². The highest BCUT2D eigenvalue weighted by atomic mass is 16.5. The average Bonchev–Trinajstić information content (AvgIpc) is 3.02. The van der Waals surface area contributed by atoms with Crippen molar-refractivity contribution in [2.45, 2.75) is 44.0 Å². The molecule has 0 saturated carbocycles. The highest BCUT2D eigenvalue weighted by Crippen LogP contribution is 2.36. The number of aliphatic hydroxyl groups excluding tert-OH is 1. The van der Waals surface area contributed by atoms with Crippen LogP contribution in [0.3, 0.4) is 0 Å². The van der Waals surface area contributed by atoms with Crippen molar-refractivity contribution in [2.75, 3.05) is 84.9 Å².